The number of aliphatic hydroxyl groups excluding tert-OH is 1. The van der Waals surface area contributed by atoms with Crippen LogP contribution in [-0.4, -0.2) is 35.1 Å². The summed E-state index contributed by atoms with van der Waals surface area (Å²) in [4.78, 5) is 25.6. The van der Waals surface area contributed by atoms with Crippen LogP contribution < -0.4 is 5.32 Å². The molecule has 110 valence electrons. The predicted molar refractivity (Wildman–Crippen MR) is 71.9 cm³/mol. The summed E-state index contributed by atoms with van der Waals surface area (Å²) in [5, 5.41) is 11.4. The highest BCUT2D eigenvalue weighted by Gasteiger charge is 2.50. The number of furan rings is 1. The zero-order valence-corrected chi connectivity index (χ0v) is 11.6. The lowest BCUT2D eigenvalue weighted by Crippen LogP contribution is -2.40. The van der Waals surface area contributed by atoms with Crippen molar-refractivity contribution in [2.45, 2.75) is 38.1 Å². The summed E-state index contributed by atoms with van der Waals surface area (Å²) in [6.45, 7) is 2.23. The lowest BCUT2D eigenvalue weighted by molar-refractivity contribution is -0.131. The third-order valence-corrected chi connectivity index (χ3v) is 3.58. The normalized spacial score (nSPS) is 22.4. The number of nitrogens with zero attached hydrogens (tertiary/aromatic N) is 1. The van der Waals surface area contributed by atoms with Crippen LogP contribution in [0, 0.1) is 0 Å². The van der Waals surface area contributed by atoms with Crippen molar-refractivity contribution in [1.82, 2.24) is 10.2 Å². The zero-order valence-electron chi connectivity index (χ0n) is 11.6. The molecule has 6 nitrogen and oxygen atoms in total. The molecule has 2 N–H and O–H groups in total. The van der Waals surface area contributed by atoms with Gasteiger partial charge in [0.05, 0.1) is 6.26 Å². The average Bonchev–Trinajstić information content (AvgIpc) is 3.02. The maximum Gasteiger partial charge on any atom is 0.325 e. The van der Waals surface area contributed by atoms with Gasteiger partial charge in [-0.05, 0) is 31.9 Å². The van der Waals surface area contributed by atoms with E-state index in [9.17, 15) is 9.59 Å². The molecule has 20 heavy (non-hydrogen) atoms. The largest absolute Gasteiger partial charge is 0.466 e. The number of nitrogens with one attached hydrogen (secondary N) is 1. The predicted octanol–water partition coefficient (Wildman–Crippen LogP) is 1.60. The van der Waals surface area contributed by atoms with E-state index in [1.54, 1.807) is 19.1 Å². The van der Waals surface area contributed by atoms with E-state index in [4.69, 9.17) is 9.52 Å². The second-order valence-corrected chi connectivity index (χ2v) is 5.13. The molecule has 0 aromatic carbocycles. The molecule has 1 unspecified atom stereocenters. The number of carbonyl (C=O) groups is 2. The SMILES string of the molecule is CC1(c2ccco2)NC(=O)N(CCCCCCO)C1=O. The molecule has 0 aliphatic carbocycles. The van der Waals surface area contributed by atoms with Gasteiger partial charge in [-0.25, -0.2) is 4.79 Å². The van der Waals surface area contributed by atoms with E-state index in [1.807, 2.05) is 0 Å². The molecule has 1 aromatic rings. The van der Waals surface area contributed by atoms with Crippen molar-refractivity contribution in [1.29, 1.82) is 0 Å². The van der Waals surface area contributed by atoms with Gasteiger partial charge in [0.1, 0.15) is 5.76 Å². The number of hydrogen-bond acceptors (Lipinski definition) is 4. The van der Waals surface area contributed by atoms with Crippen molar-refractivity contribution in [2.75, 3.05) is 13.2 Å². The average molecular weight is 280 g/mol. The number of amides is 3. The minimum Gasteiger partial charge on any atom is -0.466 e. The smallest absolute Gasteiger partial charge is 0.325 e. The molecule has 1 aromatic heterocycles. The number of imide groups is 1. The van der Waals surface area contributed by atoms with Crippen molar-refractivity contribution >= 4 is 11.9 Å². The lowest BCUT2D eigenvalue weighted by Gasteiger charge is -2.18. The number of hydrogen-bond donors (Lipinski definition) is 2. The van der Waals surface area contributed by atoms with E-state index in [0.717, 1.165) is 25.7 Å². The Morgan fingerprint density at radius 2 is 2.05 bits per heavy atom. The maximum atomic E-state index is 12.4. The van der Waals surface area contributed by atoms with Crippen LogP contribution in [-0.2, 0) is 10.3 Å². The number of aliphatic hydroxyl groups is 1. The van der Waals surface area contributed by atoms with E-state index in [2.05, 4.69) is 5.32 Å². The Labute approximate surface area is 117 Å². The molecule has 0 saturated carbocycles. The molecule has 3 amide bonds. The minimum absolute atomic E-state index is 0.180. The molecule has 6 heteroatoms. The lowest BCUT2D eigenvalue weighted by atomic mass is 9.99. The Bertz CT molecular complexity index is 472. The Balaban J connectivity index is 1.95. The molecule has 2 heterocycles. The molecule has 0 spiro atoms. The number of rotatable bonds is 7. The van der Waals surface area contributed by atoms with Crippen molar-refractivity contribution in [2.24, 2.45) is 0 Å². The summed E-state index contributed by atoms with van der Waals surface area (Å²) in [5.41, 5.74) is -1.11. The fraction of sp³-hybridized carbons (Fsp3) is 0.571. The van der Waals surface area contributed by atoms with Crippen molar-refractivity contribution < 1.29 is 19.1 Å². The van der Waals surface area contributed by atoms with E-state index < -0.39 is 5.54 Å². The van der Waals surface area contributed by atoms with Gasteiger partial charge >= 0.3 is 6.03 Å². The Morgan fingerprint density at radius 1 is 1.30 bits per heavy atom. The van der Waals surface area contributed by atoms with Gasteiger partial charge < -0.3 is 14.8 Å². The Kier molecular flexibility index (Phi) is 4.44. The third kappa shape index (κ3) is 2.70. The third-order valence-electron chi connectivity index (χ3n) is 3.58. The zero-order chi connectivity index (χ0) is 14.6. The molecule has 1 aliphatic heterocycles. The molecule has 0 radical (unpaired) electrons. The van der Waals surface area contributed by atoms with E-state index >= 15 is 0 Å². The summed E-state index contributed by atoms with van der Waals surface area (Å²) in [5.74, 6) is 0.165. The number of carbonyl (C=O) groups excluding carboxylic acids is 2. The number of urea groups is 1. The van der Waals surface area contributed by atoms with Gasteiger partial charge in [-0.3, -0.25) is 9.69 Å². The summed E-state index contributed by atoms with van der Waals surface area (Å²) >= 11 is 0. The van der Waals surface area contributed by atoms with Crippen LogP contribution in [0.1, 0.15) is 38.4 Å². The van der Waals surface area contributed by atoms with Crippen LogP contribution in [0.3, 0.4) is 0 Å². The molecular formula is C14H20N2O4. The summed E-state index contributed by atoms with van der Waals surface area (Å²) in [6, 6.07) is 3.00. The van der Waals surface area contributed by atoms with Crippen LogP contribution in [0.2, 0.25) is 0 Å². The standard InChI is InChI=1S/C14H20N2O4/c1-14(11-7-6-10-20-11)12(18)16(13(19)15-14)8-4-2-3-5-9-17/h6-7,10,17H,2-5,8-9H2,1H3,(H,15,19). The highest BCUT2D eigenvalue weighted by molar-refractivity contribution is 6.06. The minimum atomic E-state index is -1.11. The first-order chi connectivity index (χ1) is 9.59. The first kappa shape index (κ1) is 14.6. The monoisotopic (exact) mass is 280 g/mol. The van der Waals surface area contributed by atoms with Crippen LogP contribution >= 0.6 is 0 Å². The summed E-state index contributed by atoms with van der Waals surface area (Å²) in [7, 11) is 0. The van der Waals surface area contributed by atoms with E-state index in [0.29, 0.717) is 12.3 Å². The molecule has 1 atom stereocenters. The van der Waals surface area contributed by atoms with Crippen LogP contribution in [0.4, 0.5) is 4.79 Å². The highest BCUT2D eigenvalue weighted by atomic mass is 16.3. The van der Waals surface area contributed by atoms with Crippen LogP contribution in [0.5, 0.6) is 0 Å². The van der Waals surface area contributed by atoms with Gasteiger partial charge in [0.2, 0.25) is 0 Å². The first-order valence-electron chi connectivity index (χ1n) is 6.88. The van der Waals surface area contributed by atoms with Crippen molar-refractivity contribution in [3.05, 3.63) is 24.2 Å². The van der Waals surface area contributed by atoms with Crippen LogP contribution in [0.15, 0.2) is 22.8 Å². The van der Waals surface area contributed by atoms with Crippen molar-refractivity contribution in [3.63, 3.8) is 0 Å². The molecule has 1 saturated heterocycles. The fourth-order valence-corrected chi connectivity index (χ4v) is 2.37. The molecule has 2 rings (SSSR count). The van der Waals surface area contributed by atoms with Gasteiger partial charge in [0.25, 0.3) is 5.91 Å². The first-order valence-corrected chi connectivity index (χ1v) is 6.88. The van der Waals surface area contributed by atoms with Gasteiger partial charge in [0.15, 0.2) is 5.54 Å². The van der Waals surface area contributed by atoms with Gasteiger partial charge in [-0.1, -0.05) is 12.8 Å². The topological polar surface area (TPSA) is 82.8 Å². The number of unbranched alkanes of at least 4 members (excludes halogenated alkanes) is 3. The Morgan fingerprint density at radius 3 is 2.70 bits per heavy atom. The van der Waals surface area contributed by atoms with Crippen molar-refractivity contribution in [3.8, 4) is 0 Å². The highest BCUT2D eigenvalue weighted by Crippen LogP contribution is 2.29. The molecule has 1 fully saturated rings. The second kappa shape index (κ2) is 6.09. The summed E-state index contributed by atoms with van der Waals surface area (Å²) in [6.07, 6.45) is 4.76. The quantitative estimate of drug-likeness (QED) is 0.587. The maximum absolute atomic E-state index is 12.4. The Hall–Kier alpha value is -1.82. The van der Waals surface area contributed by atoms with E-state index in [1.165, 1.54) is 11.2 Å². The second-order valence-electron chi connectivity index (χ2n) is 5.13. The fourth-order valence-electron chi connectivity index (χ4n) is 2.37. The van der Waals surface area contributed by atoms with Gasteiger partial charge in [-0.15, -0.1) is 0 Å². The molecular weight excluding hydrogens is 260 g/mol. The molecule has 0 bridgehead atoms. The van der Waals surface area contributed by atoms with Gasteiger partial charge in [0, 0.05) is 13.2 Å². The van der Waals surface area contributed by atoms with Gasteiger partial charge in [-0.2, -0.15) is 0 Å². The molecule has 1 aliphatic rings. The van der Waals surface area contributed by atoms with E-state index in [-0.39, 0.29) is 18.5 Å². The van der Waals surface area contributed by atoms with Crippen LogP contribution in [0.25, 0.3) is 0 Å². The summed E-state index contributed by atoms with van der Waals surface area (Å²) < 4.78 is 5.26.